The number of carbonyl (C=O) groups is 2. The molecule has 0 aromatic heterocycles. The third-order valence-electron chi connectivity index (χ3n) is 4.47. The normalized spacial score (nSPS) is 16.9. The van der Waals surface area contributed by atoms with Gasteiger partial charge in [0.05, 0.1) is 6.54 Å². The summed E-state index contributed by atoms with van der Waals surface area (Å²) in [7, 11) is 1.94. The van der Waals surface area contributed by atoms with Crippen molar-refractivity contribution in [2.75, 3.05) is 25.7 Å². The number of nitrogens with zero attached hydrogens (tertiary/aromatic N) is 1. The summed E-state index contributed by atoms with van der Waals surface area (Å²) in [6.45, 7) is 0.399. The first-order chi connectivity index (χ1) is 11.6. The number of imide groups is 1. The third kappa shape index (κ3) is 4.17. The van der Waals surface area contributed by atoms with Crippen LogP contribution in [0.3, 0.4) is 0 Å². The zero-order chi connectivity index (χ0) is 16.9. The maximum atomic E-state index is 12.0. The van der Waals surface area contributed by atoms with Crippen LogP contribution < -0.4 is 20.1 Å². The second-order valence-corrected chi connectivity index (χ2v) is 6.28. The average molecular weight is 333 g/mol. The Morgan fingerprint density at radius 3 is 2.71 bits per heavy atom. The van der Waals surface area contributed by atoms with E-state index in [2.05, 4.69) is 10.6 Å². The average Bonchev–Trinajstić information content (AvgIpc) is 3.03. The molecule has 7 nitrogen and oxygen atoms in total. The highest BCUT2D eigenvalue weighted by Crippen LogP contribution is 2.34. The monoisotopic (exact) mass is 333 g/mol. The van der Waals surface area contributed by atoms with Gasteiger partial charge in [-0.25, -0.2) is 4.79 Å². The lowest BCUT2D eigenvalue weighted by molar-refractivity contribution is -0.121. The molecule has 1 heterocycles. The molecular formula is C17H23N3O4. The van der Waals surface area contributed by atoms with Crippen molar-refractivity contribution in [1.82, 2.24) is 10.2 Å². The Labute approximate surface area is 141 Å². The number of urea groups is 1. The summed E-state index contributed by atoms with van der Waals surface area (Å²) in [5, 5.41) is 4.99. The minimum absolute atomic E-state index is 0.178. The van der Waals surface area contributed by atoms with E-state index in [1.807, 2.05) is 11.9 Å². The number of likely N-dealkylation sites (N-methyl/N-ethyl adjacent to an activating group) is 1. The summed E-state index contributed by atoms with van der Waals surface area (Å²) in [4.78, 5) is 26.0. The van der Waals surface area contributed by atoms with Crippen molar-refractivity contribution < 1.29 is 19.1 Å². The molecule has 0 radical (unpaired) electrons. The van der Waals surface area contributed by atoms with E-state index in [1.54, 1.807) is 18.2 Å². The molecule has 2 aliphatic rings. The molecule has 1 aliphatic heterocycles. The van der Waals surface area contributed by atoms with E-state index < -0.39 is 6.03 Å². The summed E-state index contributed by atoms with van der Waals surface area (Å²) in [5.41, 5.74) is 0.546. The number of anilines is 1. The molecule has 130 valence electrons. The van der Waals surface area contributed by atoms with Gasteiger partial charge in [0, 0.05) is 17.8 Å². The number of hydrogen-bond donors (Lipinski definition) is 2. The number of carbonyl (C=O) groups excluding carboxylic acids is 2. The maximum absolute atomic E-state index is 12.0. The van der Waals surface area contributed by atoms with Crippen molar-refractivity contribution in [3.63, 3.8) is 0 Å². The first kappa shape index (κ1) is 16.6. The Morgan fingerprint density at radius 1 is 1.17 bits per heavy atom. The predicted octanol–water partition coefficient (Wildman–Crippen LogP) is 2.33. The van der Waals surface area contributed by atoms with Crippen LogP contribution in [0, 0.1) is 0 Å². The van der Waals surface area contributed by atoms with E-state index in [9.17, 15) is 9.59 Å². The molecule has 1 aromatic rings. The Kier molecular flexibility index (Phi) is 5.20. The molecule has 0 atom stereocenters. The topological polar surface area (TPSA) is 79.9 Å². The molecule has 24 heavy (non-hydrogen) atoms. The van der Waals surface area contributed by atoms with Crippen LogP contribution >= 0.6 is 0 Å². The fourth-order valence-corrected chi connectivity index (χ4v) is 3.18. The van der Waals surface area contributed by atoms with E-state index in [-0.39, 0.29) is 19.2 Å². The summed E-state index contributed by atoms with van der Waals surface area (Å²) >= 11 is 0. The first-order valence-electron chi connectivity index (χ1n) is 8.32. The van der Waals surface area contributed by atoms with Gasteiger partial charge in [-0.2, -0.15) is 0 Å². The minimum atomic E-state index is -0.545. The van der Waals surface area contributed by atoms with Crippen LogP contribution in [0.5, 0.6) is 11.5 Å². The predicted molar refractivity (Wildman–Crippen MR) is 89.2 cm³/mol. The second-order valence-electron chi connectivity index (χ2n) is 6.28. The standard InChI is InChI=1S/C17H23N3O4/c1-20(13-5-3-2-4-6-13)10-16(21)19-17(22)18-12-7-8-14-15(9-12)24-11-23-14/h7-9,13H,2-6,10-11H2,1H3,(H2,18,19,21,22). The van der Waals surface area contributed by atoms with E-state index in [4.69, 9.17) is 9.47 Å². The fraction of sp³-hybridized carbons (Fsp3) is 0.529. The van der Waals surface area contributed by atoms with Crippen LogP contribution in [0.2, 0.25) is 0 Å². The molecule has 1 aliphatic carbocycles. The van der Waals surface area contributed by atoms with Crippen molar-refractivity contribution in [2.24, 2.45) is 0 Å². The lowest BCUT2D eigenvalue weighted by atomic mass is 9.94. The lowest BCUT2D eigenvalue weighted by Crippen LogP contribution is -2.44. The van der Waals surface area contributed by atoms with E-state index in [1.165, 1.54) is 19.3 Å². The SMILES string of the molecule is CN(CC(=O)NC(=O)Nc1ccc2c(c1)OCO2)C1CCCCC1. The highest BCUT2D eigenvalue weighted by molar-refractivity contribution is 6.01. The number of amides is 3. The largest absolute Gasteiger partial charge is 0.454 e. The van der Waals surface area contributed by atoms with Gasteiger partial charge in [-0.15, -0.1) is 0 Å². The van der Waals surface area contributed by atoms with Crippen LogP contribution in [0.25, 0.3) is 0 Å². The molecule has 0 spiro atoms. The van der Waals surface area contributed by atoms with E-state index in [0.29, 0.717) is 23.2 Å². The fourth-order valence-electron chi connectivity index (χ4n) is 3.18. The van der Waals surface area contributed by atoms with Gasteiger partial charge in [-0.3, -0.25) is 15.0 Å². The van der Waals surface area contributed by atoms with Gasteiger partial charge in [-0.1, -0.05) is 19.3 Å². The molecule has 1 fully saturated rings. The van der Waals surface area contributed by atoms with E-state index in [0.717, 1.165) is 12.8 Å². The highest BCUT2D eigenvalue weighted by Gasteiger charge is 2.21. The van der Waals surface area contributed by atoms with Crippen LogP contribution in [-0.4, -0.2) is 43.3 Å². The van der Waals surface area contributed by atoms with Crippen molar-refractivity contribution in [3.05, 3.63) is 18.2 Å². The highest BCUT2D eigenvalue weighted by atomic mass is 16.7. The minimum Gasteiger partial charge on any atom is -0.454 e. The molecule has 1 saturated carbocycles. The number of fused-ring (bicyclic) bond motifs is 1. The van der Waals surface area contributed by atoms with Gasteiger partial charge in [-0.05, 0) is 32.0 Å². The van der Waals surface area contributed by atoms with Gasteiger partial charge < -0.3 is 14.8 Å². The van der Waals surface area contributed by atoms with Gasteiger partial charge in [0.15, 0.2) is 11.5 Å². The zero-order valence-electron chi connectivity index (χ0n) is 13.8. The summed E-state index contributed by atoms with van der Waals surface area (Å²) < 4.78 is 10.5. The van der Waals surface area contributed by atoms with Gasteiger partial charge in [0.2, 0.25) is 12.7 Å². The molecule has 1 aromatic carbocycles. The molecule has 3 amide bonds. The summed E-state index contributed by atoms with van der Waals surface area (Å²) in [5.74, 6) is 0.920. The Balaban J connectivity index is 1.46. The molecule has 3 rings (SSSR count). The number of benzene rings is 1. The van der Waals surface area contributed by atoms with Crippen molar-refractivity contribution in [3.8, 4) is 11.5 Å². The number of rotatable bonds is 4. The molecule has 2 N–H and O–H groups in total. The number of ether oxygens (including phenoxy) is 2. The Bertz CT molecular complexity index is 614. The molecule has 0 unspecified atom stereocenters. The van der Waals surface area contributed by atoms with Crippen molar-refractivity contribution in [2.45, 2.75) is 38.1 Å². The molecule has 7 heteroatoms. The Hall–Kier alpha value is -2.28. The third-order valence-corrected chi connectivity index (χ3v) is 4.47. The second kappa shape index (κ2) is 7.53. The number of nitrogens with one attached hydrogen (secondary N) is 2. The summed E-state index contributed by atoms with van der Waals surface area (Å²) in [6, 6.07) is 4.97. The van der Waals surface area contributed by atoms with Gasteiger partial charge >= 0.3 is 6.03 Å². The molecule has 0 bridgehead atoms. The van der Waals surface area contributed by atoms with Gasteiger partial charge in [0.25, 0.3) is 0 Å². The van der Waals surface area contributed by atoms with Crippen LogP contribution in [0.1, 0.15) is 32.1 Å². The first-order valence-corrected chi connectivity index (χ1v) is 8.32. The van der Waals surface area contributed by atoms with Crippen molar-refractivity contribution >= 4 is 17.6 Å². The van der Waals surface area contributed by atoms with Crippen LogP contribution in [0.15, 0.2) is 18.2 Å². The van der Waals surface area contributed by atoms with Crippen molar-refractivity contribution in [1.29, 1.82) is 0 Å². The maximum Gasteiger partial charge on any atom is 0.325 e. The smallest absolute Gasteiger partial charge is 0.325 e. The quantitative estimate of drug-likeness (QED) is 0.884. The van der Waals surface area contributed by atoms with Crippen LogP contribution in [-0.2, 0) is 4.79 Å². The summed E-state index contributed by atoms with van der Waals surface area (Å²) in [6.07, 6.45) is 5.93. The molecule has 0 saturated heterocycles. The Morgan fingerprint density at radius 2 is 1.92 bits per heavy atom. The zero-order valence-corrected chi connectivity index (χ0v) is 13.8. The van der Waals surface area contributed by atoms with Gasteiger partial charge in [0.1, 0.15) is 0 Å². The van der Waals surface area contributed by atoms with Crippen LogP contribution in [0.4, 0.5) is 10.5 Å². The van der Waals surface area contributed by atoms with E-state index >= 15 is 0 Å². The lowest BCUT2D eigenvalue weighted by Gasteiger charge is -2.30. The number of hydrogen-bond acceptors (Lipinski definition) is 5. The molecular weight excluding hydrogens is 310 g/mol.